The van der Waals surface area contributed by atoms with Gasteiger partial charge in [0.2, 0.25) is 0 Å². The molecule has 0 saturated carbocycles. The third-order valence-corrected chi connectivity index (χ3v) is 2.36. The Kier molecular flexibility index (Phi) is 2.60. The quantitative estimate of drug-likeness (QED) is 0.777. The fourth-order valence-corrected chi connectivity index (χ4v) is 1.57. The number of rotatable bonds is 1. The number of phenols is 1. The van der Waals surface area contributed by atoms with Gasteiger partial charge >= 0.3 is 0 Å². The van der Waals surface area contributed by atoms with Crippen molar-refractivity contribution in [2.75, 3.05) is 0 Å². The van der Waals surface area contributed by atoms with Gasteiger partial charge in [0.25, 0.3) is 0 Å². The summed E-state index contributed by atoms with van der Waals surface area (Å²) in [5, 5.41) is 9.90. The first-order valence-electron chi connectivity index (χ1n) is 4.42. The Bertz CT molecular complexity index is 497. The van der Waals surface area contributed by atoms with Gasteiger partial charge in [0.15, 0.2) is 0 Å². The van der Waals surface area contributed by atoms with Crippen LogP contribution in [0, 0.1) is 5.82 Å². The van der Waals surface area contributed by atoms with E-state index in [1.165, 1.54) is 12.1 Å². The Morgan fingerprint density at radius 2 is 1.73 bits per heavy atom. The monoisotopic (exact) mass is 222 g/mol. The van der Waals surface area contributed by atoms with E-state index >= 15 is 0 Å². The van der Waals surface area contributed by atoms with E-state index in [-0.39, 0.29) is 5.75 Å². The van der Waals surface area contributed by atoms with Gasteiger partial charge in [-0.25, -0.2) is 4.39 Å². The lowest BCUT2D eigenvalue weighted by molar-refractivity contribution is 0.476. The largest absolute Gasteiger partial charge is 0.507 e. The molecule has 0 saturated heterocycles. The van der Waals surface area contributed by atoms with Gasteiger partial charge in [-0.05, 0) is 24.3 Å². The number of hydrogen-bond acceptors (Lipinski definition) is 1. The summed E-state index contributed by atoms with van der Waals surface area (Å²) in [5.41, 5.74) is 0.809. The van der Waals surface area contributed by atoms with Crippen molar-refractivity contribution in [3.63, 3.8) is 0 Å². The maximum absolute atomic E-state index is 13.5. The molecule has 0 spiro atoms. The second kappa shape index (κ2) is 3.91. The van der Waals surface area contributed by atoms with Crippen LogP contribution in [-0.2, 0) is 0 Å². The molecule has 0 aromatic heterocycles. The van der Waals surface area contributed by atoms with E-state index in [0.29, 0.717) is 16.1 Å². The van der Waals surface area contributed by atoms with Crippen LogP contribution < -0.4 is 0 Å². The average Bonchev–Trinajstić information content (AvgIpc) is 2.20. The van der Waals surface area contributed by atoms with Crippen molar-refractivity contribution in [3.05, 3.63) is 53.3 Å². The highest BCUT2D eigenvalue weighted by Crippen LogP contribution is 2.31. The van der Waals surface area contributed by atoms with Gasteiger partial charge in [-0.1, -0.05) is 29.8 Å². The molecule has 0 radical (unpaired) electrons. The van der Waals surface area contributed by atoms with Crippen LogP contribution in [0.3, 0.4) is 0 Å². The molecule has 2 rings (SSSR count). The smallest absolute Gasteiger partial charge is 0.132 e. The van der Waals surface area contributed by atoms with E-state index in [4.69, 9.17) is 11.6 Å². The molecular weight excluding hydrogens is 215 g/mol. The summed E-state index contributed by atoms with van der Waals surface area (Å²) in [5.74, 6) is -0.386. The van der Waals surface area contributed by atoms with Crippen LogP contribution in [0.2, 0.25) is 5.02 Å². The SMILES string of the molecule is Oc1ccccc1-c1ccc(Cl)cc1F. The number of aromatic hydroxyl groups is 1. The van der Waals surface area contributed by atoms with Crippen LogP contribution in [-0.4, -0.2) is 5.11 Å². The summed E-state index contributed by atoms with van der Waals surface area (Å²) in [6.07, 6.45) is 0. The average molecular weight is 223 g/mol. The van der Waals surface area contributed by atoms with Crippen molar-refractivity contribution in [3.8, 4) is 16.9 Å². The molecular formula is C12H8ClFO. The van der Waals surface area contributed by atoms with Crippen molar-refractivity contribution in [2.24, 2.45) is 0 Å². The lowest BCUT2D eigenvalue weighted by Crippen LogP contribution is -1.84. The fourth-order valence-electron chi connectivity index (χ4n) is 1.41. The van der Waals surface area contributed by atoms with Crippen molar-refractivity contribution >= 4 is 11.6 Å². The Morgan fingerprint density at radius 3 is 2.40 bits per heavy atom. The van der Waals surface area contributed by atoms with Gasteiger partial charge in [-0.15, -0.1) is 0 Å². The van der Waals surface area contributed by atoms with Crippen molar-refractivity contribution < 1.29 is 9.50 Å². The molecule has 1 nitrogen and oxygen atoms in total. The predicted molar refractivity (Wildman–Crippen MR) is 58.5 cm³/mol. The molecule has 0 unspecified atom stereocenters. The van der Waals surface area contributed by atoms with Gasteiger partial charge in [0.05, 0.1) is 0 Å². The number of hydrogen-bond donors (Lipinski definition) is 1. The zero-order valence-electron chi connectivity index (χ0n) is 7.74. The summed E-state index contributed by atoms with van der Waals surface area (Å²) < 4.78 is 13.5. The van der Waals surface area contributed by atoms with Gasteiger partial charge < -0.3 is 5.11 Å². The van der Waals surface area contributed by atoms with Crippen LogP contribution in [0.5, 0.6) is 5.75 Å². The number of halogens is 2. The third-order valence-electron chi connectivity index (χ3n) is 2.13. The summed E-state index contributed by atoms with van der Waals surface area (Å²) in [6.45, 7) is 0. The summed E-state index contributed by atoms with van der Waals surface area (Å²) >= 11 is 5.64. The summed E-state index contributed by atoms with van der Waals surface area (Å²) in [7, 11) is 0. The molecule has 0 atom stereocenters. The maximum Gasteiger partial charge on any atom is 0.132 e. The number of para-hydroxylation sites is 1. The first-order chi connectivity index (χ1) is 7.18. The molecule has 15 heavy (non-hydrogen) atoms. The number of benzene rings is 2. The van der Waals surface area contributed by atoms with Crippen LogP contribution >= 0.6 is 11.6 Å². The van der Waals surface area contributed by atoms with E-state index in [9.17, 15) is 9.50 Å². The third kappa shape index (κ3) is 1.95. The molecule has 0 aliphatic rings. The van der Waals surface area contributed by atoms with Crippen LogP contribution in [0.25, 0.3) is 11.1 Å². The van der Waals surface area contributed by atoms with E-state index in [0.717, 1.165) is 0 Å². The second-order valence-corrected chi connectivity index (χ2v) is 3.58. The second-order valence-electron chi connectivity index (χ2n) is 3.14. The molecule has 3 heteroatoms. The lowest BCUT2D eigenvalue weighted by Gasteiger charge is -2.05. The van der Waals surface area contributed by atoms with E-state index in [1.54, 1.807) is 30.3 Å². The van der Waals surface area contributed by atoms with Gasteiger partial charge in [0.1, 0.15) is 11.6 Å². The lowest BCUT2D eigenvalue weighted by atomic mass is 10.0. The molecule has 0 heterocycles. The Labute approximate surface area is 91.8 Å². The molecule has 2 aromatic rings. The van der Waals surface area contributed by atoms with E-state index < -0.39 is 5.82 Å². The van der Waals surface area contributed by atoms with E-state index in [1.807, 2.05) is 0 Å². The van der Waals surface area contributed by atoms with Crippen molar-refractivity contribution in [2.45, 2.75) is 0 Å². The molecule has 2 aromatic carbocycles. The highest BCUT2D eigenvalue weighted by Gasteiger charge is 2.08. The zero-order valence-corrected chi connectivity index (χ0v) is 8.50. The highest BCUT2D eigenvalue weighted by atomic mass is 35.5. The minimum absolute atomic E-state index is 0.0544. The molecule has 0 fully saturated rings. The van der Waals surface area contributed by atoms with Gasteiger partial charge in [-0.2, -0.15) is 0 Å². The molecule has 76 valence electrons. The Hall–Kier alpha value is -1.54. The first-order valence-corrected chi connectivity index (χ1v) is 4.79. The Balaban J connectivity index is 2.60. The number of phenolic OH excluding ortho intramolecular Hbond substituents is 1. The minimum atomic E-state index is -0.441. The standard InChI is InChI=1S/C12H8ClFO/c13-8-5-6-9(11(14)7-8)10-3-1-2-4-12(10)15/h1-7,15H. The molecule has 1 N–H and O–H groups in total. The molecule has 0 aliphatic heterocycles. The molecule has 0 bridgehead atoms. The fraction of sp³-hybridized carbons (Fsp3) is 0. The normalized spacial score (nSPS) is 10.3. The molecule has 0 aliphatic carbocycles. The minimum Gasteiger partial charge on any atom is -0.507 e. The first kappa shape index (κ1) is 9.99. The van der Waals surface area contributed by atoms with Crippen LogP contribution in [0.1, 0.15) is 0 Å². The highest BCUT2D eigenvalue weighted by molar-refractivity contribution is 6.30. The van der Waals surface area contributed by atoms with Crippen molar-refractivity contribution in [1.82, 2.24) is 0 Å². The van der Waals surface area contributed by atoms with Crippen LogP contribution in [0.15, 0.2) is 42.5 Å². The van der Waals surface area contributed by atoms with Gasteiger partial charge in [0, 0.05) is 16.1 Å². The summed E-state index contributed by atoms with van der Waals surface area (Å²) in [6, 6.07) is 11.0. The predicted octanol–water partition coefficient (Wildman–Crippen LogP) is 3.85. The summed E-state index contributed by atoms with van der Waals surface area (Å²) in [4.78, 5) is 0. The Morgan fingerprint density at radius 1 is 1.00 bits per heavy atom. The zero-order chi connectivity index (χ0) is 10.8. The van der Waals surface area contributed by atoms with E-state index in [2.05, 4.69) is 0 Å². The van der Waals surface area contributed by atoms with Gasteiger partial charge in [-0.3, -0.25) is 0 Å². The maximum atomic E-state index is 13.5. The topological polar surface area (TPSA) is 20.2 Å². The van der Waals surface area contributed by atoms with Crippen LogP contribution in [0.4, 0.5) is 4.39 Å². The van der Waals surface area contributed by atoms with Crippen molar-refractivity contribution in [1.29, 1.82) is 0 Å². The molecule has 0 amide bonds.